The standard InChI is InChI=1S/C14H20N2O3/c1-10-8-12(16(17)18)6-7-14(10)15-11-4-3-5-13(9-11)19-2/h6-8,11,13,15H,3-5,9H2,1-2H3. The van der Waals surface area contributed by atoms with Gasteiger partial charge < -0.3 is 10.1 Å². The SMILES string of the molecule is COC1CCCC(Nc2ccc([N+](=O)[O-])cc2C)C1. The van der Waals surface area contributed by atoms with Gasteiger partial charge in [-0.2, -0.15) is 0 Å². The summed E-state index contributed by atoms with van der Waals surface area (Å²) in [5, 5.41) is 14.2. The number of methoxy groups -OCH3 is 1. The van der Waals surface area contributed by atoms with Gasteiger partial charge >= 0.3 is 0 Å². The molecule has 0 saturated heterocycles. The number of nitro groups is 1. The Morgan fingerprint density at radius 1 is 1.42 bits per heavy atom. The Labute approximate surface area is 113 Å². The summed E-state index contributed by atoms with van der Waals surface area (Å²) in [6.07, 6.45) is 4.71. The Bertz CT molecular complexity index is 462. The van der Waals surface area contributed by atoms with E-state index < -0.39 is 0 Å². The molecule has 1 aliphatic carbocycles. The second kappa shape index (κ2) is 6.02. The molecule has 0 heterocycles. The van der Waals surface area contributed by atoms with Crippen LogP contribution < -0.4 is 5.32 Å². The predicted octanol–water partition coefficient (Wildman–Crippen LogP) is 3.27. The van der Waals surface area contributed by atoms with Crippen LogP contribution in [0.25, 0.3) is 0 Å². The van der Waals surface area contributed by atoms with Crippen LogP contribution in [0.5, 0.6) is 0 Å². The van der Waals surface area contributed by atoms with Crippen LogP contribution in [0.15, 0.2) is 18.2 Å². The van der Waals surface area contributed by atoms with E-state index in [-0.39, 0.29) is 10.6 Å². The minimum atomic E-state index is -0.363. The number of hydrogen-bond acceptors (Lipinski definition) is 4. The van der Waals surface area contributed by atoms with E-state index in [1.807, 2.05) is 6.92 Å². The Kier molecular flexibility index (Phi) is 4.37. The lowest BCUT2D eigenvalue weighted by Crippen LogP contribution is -2.31. The van der Waals surface area contributed by atoms with Crippen molar-refractivity contribution in [3.05, 3.63) is 33.9 Å². The zero-order valence-corrected chi connectivity index (χ0v) is 11.4. The number of non-ortho nitro benzene ring substituents is 1. The highest BCUT2D eigenvalue weighted by atomic mass is 16.6. The van der Waals surface area contributed by atoms with E-state index in [2.05, 4.69) is 5.32 Å². The van der Waals surface area contributed by atoms with Gasteiger partial charge in [-0.3, -0.25) is 10.1 Å². The number of nitrogens with zero attached hydrogens (tertiary/aromatic N) is 1. The molecule has 104 valence electrons. The van der Waals surface area contributed by atoms with Crippen LogP contribution in [-0.4, -0.2) is 24.2 Å². The van der Waals surface area contributed by atoms with Crippen LogP contribution in [0.3, 0.4) is 0 Å². The minimum Gasteiger partial charge on any atom is -0.382 e. The van der Waals surface area contributed by atoms with E-state index in [1.54, 1.807) is 25.3 Å². The average molecular weight is 264 g/mol. The van der Waals surface area contributed by atoms with Crippen molar-refractivity contribution in [3.8, 4) is 0 Å². The molecule has 1 fully saturated rings. The van der Waals surface area contributed by atoms with Crippen LogP contribution in [0.4, 0.5) is 11.4 Å². The second-order valence-electron chi connectivity index (χ2n) is 5.12. The van der Waals surface area contributed by atoms with Crippen LogP contribution in [-0.2, 0) is 4.74 Å². The largest absolute Gasteiger partial charge is 0.382 e. The molecule has 1 saturated carbocycles. The third-order valence-corrected chi connectivity index (χ3v) is 3.74. The molecule has 0 aliphatic heterocycles. The Hall–Kier alpha value is -1.62. The van der Waals surface area contributed by atoms with Gasteiger partial charge in [-0.25, -0.2) is 0 Å². The van der Waals surface area contributed by atoms with Gasteiger partial charge in [-0.05, 0) is 44.2 Å². The molecule has 2 rings (SSSR count). The zero-order chi connectivity index (χ0) is 13.8. The quantitative estimate of drug-likeness (QED) is 0.669. The van der Waals surface area contributed by atoms with Gasteiger partial charge in [0.1, 0.15) is 0 Å². The molecule has 0 spiro atoms. The highest BCUT2D eigenvalue weighted by Crippen LogP contribution is 2.27. The third-order valence-electron chi connectivity index (χ3n) is 3.74. The molecule has 0 aromatic heterocycles. The van der Waals surface area contributed by atoms with Crippen molar-refractivity contribution < 1.29 is 9.66 Å². The minimum absolute atomic E-state index is 0.140. The lowest BCUT2D eigenvalue weighted by Gasteiger charge is -2.30. The highest BCUT2D eigenvalue weighted by molar-refractivity contribution is 5.55. The maximum absolute atomic E-state index is 10.7. The van der Waals surface area contributed by atoms with Crippen LogP contribution >= 0.6 is 0 Å². The molecule has 1 aliphatic rings. The van der Waals surface area contributed by atoms with E-state index in [4.69, 9.17) is 4.74 Å². The average Bonchev–Trinajstić information content (AvgIpc) is 2.41. The van der Waals surface area contributed by atoms with Gasteiger partial charge in [-0.15, -0.1) is 0 Å². The molecule has 2 atom stereocenters. The van der Waals surface area contributed by atoms with Crippen LogP contribution in [0, 0.1) is 17.0 Å². The van der Waals surface area contributed by atoms with Gasteiger partial charge in [-0.1, -0.05) is 0 Å². The summed E-state index contributed by atoms with van der Waals surface area (Å²) in [5.41, 5.74) is 2.03. The Balaban J connectivity index is 2.04. The summed E-state index contributed by atoms with van der Waals surface area (Å²) in [5.74, 6) is 0. The summed E-state index contributed by atoms with van der Waals surface area (Å²) in [6.45, 7) is 1.89. The van der Waals surface area contributed by atoms with E-state index in [0.717, 1.165) is 36.9 Å². The number of hydrogen-bond donors (Lipinski definition) is 1. The van der Waals surface area contributed by atoms with Gasteiger partial charge in [0.2, 0.25) is 0 Å². The molecular weight excluding hydrogens is 244 g/mol. The third kappa shape index (κ3) is 3.44. The lowest BCUT2D eigenvalue weighted by atomic mass is 9.92. The van der Waals surface area contributed by atoms with Crippen LogP contribution in [0.2, 0.25) is 0 Å². The van der Waals surface area contributed by atoms with Crippen molar-refractivity contribution >= 4 is 11.4 Å². The first-order valence-electron chi connectivity index (χ1n) is 6.64. The van der Waals surface area contributed by atoms with E-state index in [9.17, 15) is 10.1 Å². The number of rotatable bonds is 4. The van der Waals surface area contributed by atoms with Gasteiger partial charge in [0.15, 0.2) is 0 Å². The topological polar surface area (TPSA) is 64.4 Å². The zero-order valence-electron chi connectivity index (χ0n) is 11.4. The molecule has 5 nitrogen and oxygen atoms in total. The Morgan fingerprint density at radius 3 is 2.84 bits per heavy atom. The molecule has 1 aromatic carbocycles. The number of anilines is 1. The first-order chi connectivity index (χ1) is 9.10. The summed E-state index contributed by atoms with van der Waals surface area (Å²) in [7, 11) is 1.75. The number of nitrogens with one attached hydrogen (secondary N) is 1. The first-order valence-corrected chi connectivity index (χ1v) is 6.64. The monoisotopic (exact) mass is 264 g/mol. The van der Waals surface area contributed by atoms with Crippen molar-refractivity contribution in [1.82, 2.24) is 0 Å². The first kappa shape index (κ1) is 13.8. The molecule has 0 amide bonds. The van der Waals surface area contributed by atoms with E-state index in [0.29, 0.717) is 12.1 Å². The van der Waals surface area contributed by atoms with Crippen molar-refractivity contribution in [2.45, 2.75) is 44.8 Å². The molecule has 19 heavy (non-hydrogen) atoms. The molecular formula is C14H20N2O3. The van der Waals surface area contributed by atoms with Gasteiger partial charge in [0.05, 0.1) is 11.0 Å². The number of nitro benzene ring substituents is 1. The van der Waals surface area contributed by atoms with Gasteiger partial charge in [0.25, 0.3) is 5.69 Å². The number of ether oxygens (including phenoxy) is 1. The maximum atomic E-state index is 10.7. The molecule has 1 N–H and O–H groups in total. The van der Waals surface area contributed by atoms with Crippen molar-refractivity contribution in [3.63, 3.8) is 0 Å². The summed E-state index contributed by atoms with van der Waals surface area (Å²) in [4.78, 5) is 10.3. The molecule has 2 unspecified atom stereocenters. The normalized spacial score (nSPS) is 23.1. The smallest absolute Gasteiger partial charge is 0.269 e. The fraction of sp³-hybridized carbons (Fsp3) is 0.571. The molecule has 0 radical (unpaired) electrons. The predicted molar refractivity (Wildman–Crippen MR) is 74.5 cm³/mol. The van der Waals surface area contributed by atoms with Crippen molar-refractivity contribution in [1.29, 1.82) is 0 Å². The van der Waals surface area contributed by atoms with E-state index >= 15 is 0 Å². The molecule has 0 bridgehead atoms. The van der Waals surface area contributed by atoms with Crippen molar-refractivity contribution in [2.24, 2.45) is 0 Å². The molecule has 5 heteroatoms. The maximum Gasteiger partial charge on any atom is 0.269 e. The van der Waals surface area contributed by atoms with Crippen LogP contribution in [0.1, 0.15) is 31.2 Å². The number of aryl methyl sites for hydroxylation is 1. The second-order valence-corrected chi connectivity index (χ2v) is 5.12. The highest BCUT2D eigenvalue weighted by Gasteiger charge is 2.22. The summed E-state index contributed by atoms with van der Waals surface area (Å²) < 4.78 is 5.41. The van der Waals surface area contributed by atoms with E-state index in [1.165, 1.54) is 0 Å². The van der Waals surface area contributed by atoms with Gasteiger partial charge in [0, 0.05) is 31.0 Å². The Morgan fingerprint density at radius 2 is 2.21 bits per heavy atom. The number of benzene rings is 1. The summed E-state index contributed by atoms with van der Waals surface area (Å²) >= 11 is 0. The fourth-order valence-electron chi connectivity index (χ4n) is 2.63. The molecule has 1 aromatic rings. The fourth-order valence-corrected chi connectivity index (χ4v) is 2.63. The lowest BCUT2D eigenvalue weighted by molar-refractivity contribution is -0.384. The van der Waals surface area contributed by atoms with Crippen molar-refractivity contribution in [2.75, 3.05) is 12.4 Å². The summed E-state index contributed by atoms with van der Waals surface area (Å²) in [6, 6.07) is 5.34.